The average Bonchev–Trinajstić information content (AvgIpc) is 1.97. The van der Waals surface area contributed by atoms with Gasteiger partial charge >= 0.3 is 0 Å². The van der Waals surface area contributed by atoms with Crippen molar-refractivity contribution in [1.29, 1.82) is 0 Å². The molecular formula is C7H14N2O. The zero-order chi connectivity index (χ0) is 7.82. The maximum absolute atomic E-state index is 8.44. The van der Waals surface area contributed by atoms with Gasteiger partial charge in [-0.1, -0.05) is 6.58 Å². The molecule has 0 atom stereocenters. The predicted octanol–water partition coefficient (Wildman–Crippen LogP) is 0.520. The molecule has 2 N–H and O–H groups in total. The van der Waals surface area contributed by atoms with E-state index in [4.69, 9.17) is 5.11 Å². The van der Waals surface area contributed by atoms with Gasteiger partial charge in [0, 0.05) is 19.4 Å². The Balaban J connectivity index is 3.25. The first-order valence-corrected chi connectivity index (χ1v) is 3.27. The predicted molar refractivity (Wildman–Crippen MR) is 43.0 cm³/mol. The van der Waals surface area contributed by atoms with Crippen LogP contribution >= 0.6 is 0 Å². The van der Waals surface area contributed by atoms with Crippen molar-refractivity contribution in [2.75, 3.05) is 13.7 Å². The topological polar surface area (TPSA) is 44.6 Å². The van der Waals surface area contributed by atoms with Crippen molar-refractivity contribution >= 4 is 6.34 Å². The summed E-state index contributed by atoms with van der Waals surface area (Å²) in [6, 6.07) is 0. The second-order valence-corrected chi connectivity index (χ2v) is 1.96. The molecule has 0 spiro atoms. The first-order valence-electron chi connectivity index (χ1n) is 3.27. The smallest absolute Gasteiger partial charge is 0.0861 e. The molecule has 0 aromatic carbocycles. The van der Waals surface area contributed by atoms with Gasteiger partial charge in [-0.25, -0.2) is 0 Å². The fourth-order valence-electron chi connectivity index (χ4n) is 0.520. The second-order valence-electron chi connectivity index (χ2n) is 1.96. The number of nitrogens with zero attached hydrogens (tertiary/aromatic N) is 1. The Morgan fingerprint density at radius 1 is 1.80 bits per heavy atom. The molecule has 0 aliphatic carbocycles. The molecule has 0 amide bonds. The first-order chi connectivity index (χ1) is 4.81. The molecule has 0 bridgehead atoms. The number of rotatable bonds is 5. The Labute approximate surface area is 61.5 Å². The van der Waals surface area contributed by atoms with Crippen molar-refractivity contribution < 1.29 is 5.11 Å². The Bertz CT molecular complexity index is 121. The Hall–Kier alpha value is -0.830. The van der Waals surface area contributed by atoms with Crippen molar-refractivity contribution in [3.8, 4) is 0 Å². The SMILES string of the molecule is C=C(CCCO)NC=NC. The van der Waals surface area contributed by atoms with E-state index in [-0.39, 0.29) is 6.61 Å². The van der Waals surface area contributed by atoms with Crippen LogP contribution in [0.5, 0.6) is 0 Å². The molecule has 0 saturated carbocycles. The number of aliphatic imine (C=N–C) groups is 1. The minimum absolute atomic E-state index is 0.212. The highest BCUT2D eigenvalue weighted by Crippen LogP contribution is 1.95. The van der Waals surface area contributed by atoms with Gasteiger partial charge in [-0.2, -0.15) is 0 Å². The maximum Gasteiger partial charge on any atom is 0.0861 e. The molecule has 0 aliphatic rings. The van der Waals surface area contributed by atoms with Crippen molar-refractivity contribution in [1.82, 2.24) is 5.32 Å². The average molecular weight is 142 g/mol. The van der Waals surface area contributed by atoms with Crippen LogP contribution < -0.4 is 5.32 Å². The highest BCUT2D eigenvalue weighted by Gasteiger charge is 1.88. The quantitative estimate of drug-likeness (QED) is 0.434. The fourth-order valence-corrected chi connectivity index (χ4v) is 0.520. The number of aliphatic hydroxyl groups is 1. The summed E-state index contributed by atoms with van der Waals surface area (Å²) in [4.78, 5) is 3.72. The van der Waals surface area contributed by atoms with Gasteiger partial charge in [-0.15, -0.1) is 0 Å². The maximum atomic E-state index is 8.44. The van der Waals surface area contributed by atoms with Crippen LogP contribution in [0.1, 0.15) is 12.8 Å². The third kappa shape index (κ3) is 5.31. The molecule has 0 aliphatic heterocycles. The van der Waals surface area contributed by atoms with Gasteiger partial charge in [0.05, 0.1) is 6.34 Å². The van der Waals surface area contributed by atoms with Gasteiger partial charge in [-0.05, 0) is 12.8 Å². The molecule has 0 heterocycles. The monoisotopic (exact) mass is 142 g/mol. The van der Waals surface area contributed by atoms with E-state index in [1.54, 1.807) is 13.4 Å². The lowest BCUT2D eigenvalue weighted by Gasteiger charge is -2.01. The largest absolute Gasteiger partial charge is 0.396 e. The Morgan fingerprint density at radius 3 is 3.00 bits per heavy atom. The van der Waals surface area contributed by atoms with Gasteiger partial charge in [0.1, 0.15) is 0 Å². The van der Waals surface area contributed by atoms with Crippen molar-refractivity contribution in [3.05, 3.63) is 12.3 Å². The normalized spacial score (nSPS) is 10.2. The Morgan fingerprint density at radius 2 is 2.50 bits per heavy atom. The number of hydrogen-bond donors (Lipinski definition) is 2. The van der Waals surface area contributed by atoms with E-state index in [0.29, 0.717) is 0 Å². The summed E-state index contributed by atoms with van der Waals surface area (Å²) >= 11 is 0. The molecule has 0 aromatic rings. The number of nitrogens with one attached hydrogen (secondary N) is 1. The second kappa shape index (κ2) is 6.29. The van der Waals surface area contributed by atoms with E-state index >= 15 is 0 Å². The number of aliphatic hydroxyl groups excluding tert-OH is 1. The number of hydrogen-bond acceptors (Lipinski definition) is 2. The molecular weight excluding hydrogens is 128 g/mol. The van der Waals surface area contributed by atoms with Crippen LogP contribution in [0.25, 0.3) is 0 Å². The van der Waals surface area contributed by atoms with Crippen LogP contribution in [0.3, 0.4) is 0 Å². The third-order valence-electron chi connectivity index (χ3n) is 1.03. The van der Waals surface area contributed by atoms with E-state index < -0.39 is 0 Å². The fraction of sp³-hybridized carbons (Fsp3) is 0.571. The Kier molecular flexibility index (Phi) is 5.77. The lowest BCUT2D eigenvalue weighted by atomic mass is 10.3. The minimum atomic E-state index is 0.212. The molecule has 0 fully saturated rings. The molecule has 0 unspecified atom stereocenters. The summed E-state index contributed by atoms with van der Waals surface area (Å²) < 4.78 is 0. The van der Waals surface area contributed by atoms with Gasteiger partial charge < -0.3 is 10.4 Å². The highest BCUT2D eigenvalue weighted by molar-refractivity contribution is 5.56. The first kappa shape index (κ1) is 9.17. The van der Waals surface area contributed by atoms with Crippen LogP contribution in [-0.2, 0) is 0 Å². The molecule has 0 saturated heterocycles. The van der Waals surface area contributed by atoms with E-state index in [1.807, 2.05) is 0 Å². The van der Waals surface area contributed by atoms with Gasteiger partial charge in [-0.3, -0.25) is 4.99 Å². The zero-order valence-electron chi connectivity index (χ0n) is 6.30. The lowest BCUT2D eigenvalue weighted by Crippen LogP contribution is -2.09. The molecule has 0 rings (SSSR count). The zero-order valence-corrected chi connectivity index (χ0v) is 6.30. The summed E-state index contributed by atoms with van der Waals surface area (Å²) in [5.41, 5.74) is 0.889. The van der Waals surface area contributed by atoms with Crippen LogP contribution in [0.15, 0.2) is 17.3 Å². The van der Waals surface area contributed by atoms with Crippen LogP contribution in [0.2, 0.25) is 0 Å². The molecule has 58 valence electrons. The van der Waals surface area contributed by atoms with Crippen molar-refractivity contribution in [2.45, 2.75) is 12.8 Å². The molecule has 0 aromatic heterocycles. The van der Waals surface area contributed by atoms with Gasteiger partial charge in [0.15, 0.2) is 0 Å². The number of allylic oxidation sites excluding steroid dienone is 1. The standard InChI is InChI=1S/C7H14N2O/c1-7(4-3-5-10)9-6-8-2/h6,10H,1,3-5H2,2H3,(H,8,9). The summed E-state index contributed by atoms with van der Waals surface area (Å²) in [6.07, 6.45) is 3.13. The summed E-state index contributed by atoms with van der Waals surface area (Å²) in [7, 11) is 1.69. The van der Waals surface area contributed by atoms with E-state index in [1.165, 1.54) is 0 Å². The summed E-state index contributed by atoms with van der Waals surface area (Å²) in [5.74, 6) is 0. The third-order valence-corrected chi connectivity index (χ3v) is 1.03. The van der Waals surface area contributed by atoms with Crippen molar-refractivity contribution in [2.24, 2.45) is 4.99 Å². The van der Waals surface area contributed by atoms with E-state index in [0.717, 1.165) is 18.5 Å². The highest BCUT2D eigenvalue weighted by atomic mass is 16.2. The van der Waals surface area contributed by atoms with Crippen LogP contribution in [0, 0.1) is 0 Å². The minimum Gasteiger partial charge on any atom is -0.396 e. The van der Waals surface area contributed by atoms with Crippen molar-refractivity contribution in [3.63, 3.8) is 0 Å². The molecule has 3 nitrogen and oxygen atoms in total. The van der Waals surface area contributed by atoms with Gasteiger partial charge in [0.2, 0.25) is 0 Å². The van der Waals surface area contributed by atoms with Gasteiger partial charge in [0.25, 0.3) is 0 Å². The molecule has 0 radical (unpaired) electrons. The van der Waals surface area contributed by atoms with E-state index in [9.17, 15) is 0 Å². The summed E-state index contributed by atoms with van der Waals surface area (Å²) in [6.45, 7) is 3.93. The van der Waals surface area contributed by atoms with E-state index in [2.05, 4.69) is 16.9 Å². The van der Waals surface area contributed by atoms with Crippen LogP contribution in [0.4, 0.5) is 0 Å². The van der Waals surface area contributed by atoms with Crippen LogP contribution in [-0.4, -0.2) is 25.1 Å². The molecule has 3 heteroatoms. The summed E-state index contributed by atoms with van der Waals surface area (Å²) in [5, 5.41) is 11.3. The lowest BCUT2D eigenvalue weighted by molar-refractivity contribution is 0.288. The molecule has 10 heavy (non-hydrogen) atoms.